The van der Waals surface area contributed by atoms with Gasteiger partial charge in [0.1, 0.15) is 5.75 Å². The number of anilines is 1. The van der Waals surface area contributed by atoms with Gasteiger partial charge in [-0.1, -0.05) is 32.9 Å². The van der Waals surface area contributed by atoms with Crippen molar-refractivity contribution in [3.63, 3.8) is 0 Å². The summed E-state index contributed by atoms with van der Waals surface area (Å²) in [4.78, 5) is 17.4. The highest BCUT2D eigenvalue weighted by Gasteiger charge is 2.17. The second-order valence-electron chi connectivity index (χ2n) is 8.46. The molecule has 0 radical (unpaired) electrons. The molecule has 2 aromatic rings. The van der Waals surface area contributed by atoms with Crippen LogP contribution in [-0.4, -0.2) is 38.2 Å². The molecule has 0 bridgehead atoms. The first-order valence-corrected chi connectivity index (χ1v) is 10.3. The molecule has 0 unspecified atom stereocenters. The zero-order chi connectivity index (χ0) is 21.6. The quantitative estimate of drug-likeness (QED) is 0.568. The van der Waals surface area contributed by atoms with Gasteiger partial charge in [0.2, 0.25) is 5.96 Å². The number of guanidine groups is 1. The Hall–Kier alpha value is -2.86. The number of rotatable bonds is 5. The van der Waals surface area contributed by atoms with Gasteiger partial charge in [0, 0.05) is 17.9 Å². The number of hydrogen-bond acceptors (Lipinski definition) is 4. The van der Waals surface area contributed by atoms with Crippen molar-refractivity contribution in [3.8, 4) is 5.75 Å². The fourth-order valence-corrected chi connectivity index (χ4v) is 3.20. The van der Waals surface area contributed by atoms with Crippen molar-refractivity contribution in [2.45, 2.75) is 45.1 Å². The van der Waals surface area contributed by atoms with Crippen LogP contribution < -0.4 is 15.4 Å². The Labute approximate surface area is 178 Å². The van der Waals surface area contributed by atoms with Crippen LogP contribution in [0.15, 0.2) is 53.5 Å². The van der Waals surface area contributed by atoms with E-state index < -0.39 is 0 Å². The average molecular weight is 410 g/mol. The number of nitrogens with one attached hydrogen (secondary N) is 2. The summed E-state index contributed by atoms with van der Waals surface area (Å²) in [7, 11) is 1.63. The van der Waals surface area contributed by atoms with Crippen molar-refractivity contribution >= 4 is 17.6 Å². The number of ether oxygens (including phenoxy) is 2. The molecule has 3 rings (SSSR count). The molecule has 1 aliphatic heterocycles. The molecule has 1 heterocycles. The number of aliphatic imine (C=N–C) groups is 1. The highest BCUT2D eigenvalue weighted by atomic mass is 16.5. The third kappa shape index (κ3) is 6.07. The molecular formula is C24H31N3O3. The standard InChI is InChI=1S/C24H31N3O3/c1-24(2,3)18-9-7-17(8-10-18)22(28)27-23(25-16-21-6-5-15-30-21)26-19-11-13-20(29-4)14-12-19/h7-14,21H,5-6,15-16H2,1-4H3,(H2,25,26,27,28)/t21-/m1/s1. The molecule has 6 heteroatoms. The molecule has 0 saturated carbocycles. The largest absolute Gasteiger partial charge is 0.497 e. The fourth-order valence-electron chi connectivity index (χ4n) is 3.20. The van der Waals surface area contributed by atoms with E-state index >= 15 is 0 Å². The molecule has 0 spiro atoms. The van der Waals surface area contributed by atoms with Gasteiger partial charge in [0.25, 0.3) is 5.91 Å². The Kier molecular flexibility index (Phi) is 7.11. The van der Waals surface area contributed by atoms with Crippen molar-refractivity contribution in [1.82, 2.24) is 5.32 Å². The van der Waals surface area contributed by atoms with Gasteiger partial charge in [0.05, 0.1) is 19.8 Å². The summed E-state index contributed by atoms with van der Waals surface area (Å²) in [5.41, 5.74) is 2.62. The van der Waals surface area contributed by atoms with Crippen molar-refractivity contribution in [1.29, 1.82) is 0 Å². The Morgan fingerprint density at radius 3 is 2.40 bits per heavy atom. The molecule has 2 aromatic carbocycles. The number of benzene rings is 2. The summed E-state index contributed by atoms with van der Waals surface area (Å²) in [6.07, 6.45) is 2.13. The van der Waals surface area contributed by atoms with Crippen LogP contribution in [0, 0.1) is 0 Å². The molecule has 30 heavy (non-hydrogen) atoms. The summed E-state index contributed by atoms with van der Waals surface area (Å²) >= 11 is 0. The minimum absolute atomic E-state index is 0.0405. The van der Waals surface area contributed by atoms with Gasteiger partial charge in [-0.15, -0.1) is 0 Å². The number of carbonyl (C=O) groups excluding carboxylic acids is 1. The summed E-state index contributed by atoms with van der Waals surface area (Å²) < 4.78 is 10.9. The molecule has 6 nitrogen and oxygen atoms in total. The number of hydrogen-bond donors (Lipinski definition) is 2. The molecule has 1 atom stereocenters. The minimum Gasteiger partial charge on any atom is -0.497 e. The van der Waals surface area contributed by atoms with Gasteiger partial charge in [-0.25, -0.2) is 4.99 Å². The SMILES string of the molecule is COc1ccc(NC(=NC[C@H]2CCCO2)NC(=O)c2ccc(C(C)(C)C)cc2)cc1. The number of nitrogens with zero attached hydrogens (tertiary/aromatic N) is 1. The van der Waals surface area contributed by atoms with Crippen molar-refractivity contribution in [2.75, 3.05) is 25.6 Å². The van der Waals surface area contributed by atoms with Crippen LogP contribution in [0.4, 0.5) is 5.69 Å². The zero-order valence-corrected chi connectivity index (χ0v) is 18.2. The van der Waals surface area contributed by atoms with Gasteiger partial charge in [-0.2, -0.15) is 0 Å². The van der Waals surface area contributed by atoms with E-state index in [-0.39, 0.29) is 17.4 Å². The summed E-state index contributed by atoms with van der Waals surface area (Å²) in [5.74, 6) is 0.962. The summed E-state index contributed by atoms with van der Waals surface area (Å²) in [6, 6.07) is 15.2. The van der Waals surface area contributed by atoms with E-state index in [1.807, 2.05) is 48.5 Å². The second kappa shape index (κ2) is 9.76. The maximum Gasteiger partial charge on any atom is 0.257 e. The molecular weight excluding hydrogens is 378 g/mol. The highest BCUT2D eigenvalue weighted by Crippen LogP contribution is 2.22. The van der Waals surface area contributed by atoms with Gasteiger partial charge in [0.15, 0.2) is 0 Å². The molecule has 1 fully saturated rings. The van der Waals surface area contributed by atoms with Crippen LogP contribution in [0.1, 0.15) is 49.5 Å². The summed E-state index contributed by atoms with van der Waals surface area (Å²) in [6.45, 7) is 7.72. The van der Waals surface area contributed by atoms with E-state index in [1.165, 1.54) is 5.56 Å². The van der Waals surface area contributed by atoms with Crippen LogP contribution in [0.25, 0.3) is 0 Å². The first kappa shape index (κ1) is 21.8. The average Bonchev–Trinajstić information content (AvgIpc) is 3.25. The third-order valence-corrected chi connectivity index (χ3v) is 5.07. The Morgan fingerprint density at radius 1 is 1.13 bits per heavy atom. The lowest BCUT2D eigenvalue weighted by atomic mass is 9.87. The van der Waals surface area contributed by atoms with E-state index in [0.29, 0.717) is 18.1 Å². The summed E-state index contributed by atoms with van der Waals surface area (Å²) in [5, 5.41) is 6.10. The highest BCUT2D eigenvalue weighted by molar-refractivity contribution is 6.10. The smallest absolute Gasteiger partial charge is 0.257 e. The Bertz CT molecular complexity index is 862. The van der Waals surface area contributed by atoms with E-state index in [1.54, 1.807) is 7.11 Å². The van der Waals surface area contributed by atoms with E-state index in [0.717, 1.165) is 30.9 Å². The molecule has 1 aliphatic rings. The van der Waals surface area contributed by atoms with Crippen LogP contribution in [-0.2, 0) is 10.2 Å². The first-order chi connectivity index (χ1) is 14.3. The second-order valence-corrected chi connectivity index (χ2v) is 8.46. The molecule has 1 saturated heterocycles. The lowest BCUT2D eigenvalue weighted by Crippen LogP contribution is -2.36. The van der Waals surface area contributed by atoms with Crippen molar-refractivity contribution < 1.29 is 14.3 Å². The Morgan fingerprint density at radius 2 is 1.83 bits per heavy atom. The molecule has 0 aliphatic carbocycles. The third-order valence-electron chi connectivity index (χ3n) is 5.07. The fraction of sp³-hybridized carbons (Fsp3) is 0.417. The van der Waals surface area contributed by atoms with Gasteiger partial charge < -0.3 is 14.8 Å². The van der Waals surface area contributed by atoms with E-state index in [9.17, 15) is 4.79 Å². The number of amides is 1. The van der Waals surface area contributed by atoms with Crippen LogP contribution in [0.3, 0.4) is 0 Å². The van der Waals surface area contributed by atoms with Crippen LogP contribution in [0.5, 0.6) is 5.75 Å². The zero-order valence-electron chi connectivity index (χ0n) is 18.2. The topological polar surface area (TPSA) is 71.9 Å². The lowest BCUT2D eigenvalue weighted by molar-refractivity contribution is 0.0975. The monoisotopic (exact) mass is 409 g/mol. The van der Waals surface area contributed by atoms with Crippen molar-refractivity contribution in [3.05, 3.63) is 59.7 Å². The number of carbonyl (C=O) groups is 1. The molecule has 160 valence electrons. The van der Waals surface area contributed by atoms with Crippen molar-refractivity contribution in [2.24, 2.45) is 4.99 Å². The predicted octanol–water partition coefficient (Wildman–Crippen LogP) is 4.37. The van der Waals surface area contributed by atoms with E-state index in [4.69, 9.17) is 9.47 Å². The molecule has 0 aromatic heterocycles. The maximum absolute atomic E-state index is 12.8. The normalized spacial score (nSPS) is 16.9. The van der Waals surface area contributed by atoms with Gasteiger partial charge >= 0.3 is 0 Å². The molecule has 1 amide bonds. The number of methoxy groups -OCH3 is 1. The lowest BCUT2D eigenvalue weighted by Gasteiger charge is -2.19. The van der Waals surface area contributed by atoms with Crippen LogP contribution in [0.2, 0.25) is 0 Å². The predicted molar refractivity (Wildman–Crippen MR) is 121 cm³/mol. The van der Waals surface area contributed by atoms with Gasteiger partial charge in [-0.3, -0.25) is 10.1 Å². The molecule has 2 N–H and O–H groups in total. The van der Waals surface area contributed by atoms with Crippen LogP contribution >= 0.6 is 0 Å². The van der Waals surface area contributed by atoms with Gasteiger partial charge in [-0.05, 0) is 60.2 Å². The van der Waals surface area contributed by atoms with E-state index in [2.05, 4.69) is 36.4 Å². The Balaban J connectivity index is 1.73. The minimum atomic E-state index is -0.206. The first-order valence-electron chi connectivity index (χ1n) is 10.3. The maximum atomic E-state index is 12.8.